The smallest absolute Gasteiger partial charge is 0.270 e. The topological polar surface area (TPSA) is 66.6 Å². The van der Waals surface area contributed by atoms with E-state index in [9.17, 15) is 18.7 Å². The number of aliphatic hydroxyl groups is 1. The lowest BCUT2D eigenvalue weighted by Crippen LogP contribution is -2.49. The lowest BCUT2D eigenvalue weighted by Gasteiger charge is -2.41. The lowest BCUT2D eigenvalue weighted by atomic mass is 9.76. The van der Waals surface area contributed by atoms with Gasteiger partial charge in [0.1, 0.15) is 23.3 Å². The van der Waals surface area contributed by atoms with Crippen LogP contribution in [0.5, 0.6) is 0 Å². The average Bonchev–Trinajstić information content (AvgIpc) is 3.06. The Morgan fingerprint density at radius 3 is 2.77 bits per heavy atom. The summed E-state index contributed by atoms with van der Waals surface area (Å²) in [6.45, 7) is 1.72. The molecule has 0 aliphatic heterocycles. The number of aromatic nitrogens is 2. The fraction of sp³-hybridized carbons (Fsp3) is 0.364. The van der Waals surface area contributed by atoms with E-state index in [1.54, 1.807) is 35.7 Å². The molecule has 2 heterocycles. The summed E-state index contributed by atoms with van der Waals surface area (Å²) in [7, 11) is 0. The van der Waals surface area contributed by atoms with E-state index in [0.29, 0.717) is 17.0 Å². The van der Waals surface area contributed by atoms with Gasteiger partial charge in [-0.3, -0.25) is 9.20 Å². The molecule has 0 radical (unpaired) electrons. The number of carbonyl (C=O) groups is 1. The number of fused-ring (bicyclic) bond motifs is 1. The molecule has 0 saturated heterocycles. The van der Waals surface area contributed by atoms with Gasteiger partial charge in [-0.05, 0) is 56.4 Å². The maximum atomic E-state index is 14.2. The molecule has 1 atom stereocenters. The van der Waals surface area contributed by atoms with Crippen molar-refractivity contribution in [1.82, 2.24) is 14.7 Å². The number of imidazole rings is 1. The van der Waals surface area contributed by atoms with Crippen LogP contribution in [0.4, 0.5) is 8.78 Å². The number of hydrogen-bond donors (Lipinski definition) is 2. The first-order valence-electron chi connectivity index (χ1n) is 9.85. The summed E-state index contributed by atoms with van der Waals surface area (Å²) in [5, 5.41) is 14.0. The first-order valence-corrected chi connectivity index (χ1v) is 10.2. The van der Waals surface area contributed by atoms with Crippen molar-refractivity contribution in [3.8, 4) is 0 Å². The van der Waals surface area contributed by atoms with E-state index in [1.165, 1.54) is 12.1 Å². The summed E-state index contributed by atoms with van der Waals surface area (Å²) in [6, 6.07) is 8.62. The molecule has 1 amide bonds. The van der Waals surface area contributed by atoms with Gasteiger partial charge in [0.25, 0.3) is 5.91 Å². The third-order valence-corrected chi connectivity index (χ3v) is 6.20. The second-order valence-electron chi connectivity index (χ2n) is 7.80. The van der Waals surface area contributed by atoms with Gasteiger partial charge in [-0.1, -0.05) is 29.8 Å². The van der Waals surface area contributed by atoms with Crippen LogP contribution in [-0.2, 0) is 0 Å². The monoisotopic (exact) mass is 433 g/mol. The Hall–Kier alpha value is -2.51. The Kier molecular flexibility index (Phi) is 5.51. The van der Waals surface area contributed by atoms with E-state index in [4.69, 9.17) is 11.6 Å². The fourth-order valence-electron chi connectivity index (χ4n) is 4.20. The second-order valence-corrected chi connectivity index (χ2v) is 8.18. The van der Waals surface area contributed by atoms with Crippen LogP contribution in [0, 0.1) is 12.7 Å². The predicted molar refractivity (Wildman–Crippen MR) is 110 cm³/mol. The van der Waals surface area contributed by atoms with Gasteiger partial charge in [-0.15, -0.1) is 0 Å². The number of hydrogen-bond acceptors (Lipinski definition) is 3. The van der Waals surface area contributed by atoms with Crippen molar-refractivity contribution in [2.45, 2.75) is 50.4 Å². The number of alkyl halides is 1. The molecule has 1 aliphatic rings. The van der Waals surface area contributed by atoms with Crippen molar-refractivity contribution >= 4 is 23.2 Å². The van der Waals surface area contributed by atoms with Gasteiger partial charge in [-0.2, -0.15) is 0 Å². The summed E-state index contributed by atoms with van der Waals surface area (Å²) >= 11 is 6.20. The predicted octanol–water partition coefficient (Wildman–Crippen LogP) is 4.55. The number of nitrogens with one attached hydrogen (secondary N) is 1. The third kappa shape index (κ3) is 3.68. The highest BCUT2D eigenvalue weighted by atomic mass is 35.5. The molecule has 158 valence electrons. The number of rotatable bonds is 4. The number of amides is 1. The first kappa shape index (κ1) is 20.8. The standard InChI is InChI=1S/C22H22ClF2N3O2/c1-13-19(28-12-3-2-7-17(28)26-13)21(29)27-20(15-5-4-6-16(25)18(15)23)22(30)10-8-14(24)9-11-22/h2-7,12,14,20,30H,8-11H2,1H3,(H,27,29). The van der Waals surface area contributed by atoms with Crippen LogP contribution in [0.25, 0.3) is 5.65 Å². The van der Waals surface area contributed by atoms with Gasteiger partial charge >= 0.3 is 0 Å². The number of benzene rings is 1. The van der Waals surface area contributed by atoms with E-state index in [1.807, 2.05) is 6.07 Å². The molecular weight excluding hydrogens is 412 g/mol. The molecule has 8 heteroatoms. The molecule has 1 aromatic carbocycles. The van der Waals surface area contributed by atoms with Crippen molar-refractivity contribution < 1.29 is 18.7 Å². The number of halogens is 3. The zero-order valence-corrected chi connectivity index (χ0v) is 17.2. The van der Waals surface area contributed by atoms with Crippen LogP contribution in [-0.4, -0.2) is 32.2 Å². The van der Waals surface area contributed by atoms with Crippen LogP contribution < -0.4 is 5.32 Å². The van der Waals surface area contributed by atoms with E-state index < -0.39 is 29.5 Å². The molecule has 2 aromatic heterocycles. The highest BCUT2D eigenvalue weighted by Gasteiger charge is 2.43. The Morgan fingerprint density at radius 2 is 2.03 bits per heavy atom. The van der Waals surface area contributed by atoms with Gasteiger partial charge < -0.3 is 10.4 Å². The van der Waals surface area contributed by atoms with Crippen molar-refractivity contribution in [1.29, 1.82) is 0 Å². The van der Waals surface area contributed by atoms with Crippen LogP contribution in [0.2, 0.25) is 5.02 Å². The van der Waals surface area contributed by atoms with E-state index in [0.717, 1.165) is 0 Å². The largest absolute Gasteiger partial charge is 0.387 e. The van der Waals surface area contributed by atoms with E-state index >= 15 is 0 Å². The third-order valence-electron chi connectivity index (χ3n) is 5.81. The fourth-order valence-corrected chi connectivity index (χ4v) is 4.44. The maximum absolute atomic E-state index is 14.2. The van der Waals surface area contributed by atoms with Crippen molar-refractivity contribution in [3.05, 3.63) is 70.4 Å². The molecule has 0 bridgehead atoms. The Labute approximate surface area is 177 Å². The van der Waals surface area contributed by atoms with Crippen molar-refractivity contribution in [2.24, 2.45) is 0 Å². The molecule has 1 saturated carbocycles. The van der Waals surface area contributed by atoms with Gasteiger partial charge in [0.15, 0.2) is 0 Å². The Bertz CT molecular complexity index is 1090. The molecule has 1 unspecified atom stereocenters. The Morgan fingerprint density at radius 1 is 1.30 bits per heavy atom. The Balaban J connectivity index is 1.75. The maximum Gasteiger partial charge on any atom is 0.270 e. The minimum absolute atomic E-state index is 0.123. The van der Waals surface area contributed by atoms with E-state index in [2.05, 4.69) is 10.3 Å². The summed E-state index contributed by atoms with van der Waals surface area (Å²) in [4.78, 5) is 17.7. The summed E-state index contributed by atoms with van der Waals surface area (Å²) in [6.07, 6.45) is 1.27. The average molecular weight is 434 g/mol. The molecule has 2 N–H and O–H groups in total. The SMILES string of the molecule is Cc1nc2ccccn2c1C(=O)NC(c1cccc(F)c1Cl)C1(O)CCC(F)CC1. The molecule has 4 rings (SSSR count). The van der Waals surface area contributed by atoms with Crippen LogP contribution in [0.1, 0.15) is 53.5 Å². The van der Waals surface area contributed by atoms with Crippen molar-refractivity contribution in [3.63, 3.8) is 0 Å². The van der Waals surface area contributed by atoms with Gasteiger partial charge in [0, 0.05) is 6.20 Å². The van der Waals surface area contributed by atoms with Gasteiger partial charge in [0.05, 0.1) is 22.4 Å². The van der Waals surface area contributed by atoms with Crippen LogP contribution in [0.3, 0.4) is 0 Å². The van der Waals surface area contributed by atoms with Crippen molar-refractivity contribution in [2.75, 3.05) is 0 Å². The minimum atomic E-state index is -1.45. The van der Waals surface area contributed by atoms with Crippen LogP contribution in [0.15, 0.2) is 42.6 Å². The molecule has 5 nitrogen and oxygen atoms in total. The highest BCUT2D eigenvalue weighted by molar-refractivity contribution is 6.31. The molecule has 30 heavy (non-hydrogen) atoms. The number of aryl methyl sites for hydroxylation is 1. The zero-order valence-electron chi connectivity index (χ0n) is 16.4. The molecule has 3 aromatic rings. The molecular formula is C22H22ClF2N3O2. The summed E-state index contributed by atoms with van der Waals surface area (Å²) in [5.74, 6) is -1.13. The van der Waals surface area contributed by atoms with E-state index in [-0.39, 0.29) is 36.3 Å². The normalized spacial score (nSPS) is 22.8. The molecule has 1 aliphatic carbocycles. The minimum Gasteiger partial charge on any atom is -0.387 e. The molecule has 0 spiro atoms. The second kappa shape index (κ2) is 7.96. The quantitative estimate of drug-likeness (QED) is 0.634. The van der Waals surface area contributed by atoms with Gasteiger partial charge in [0.2, 0.25) is 0 Å². The highest BCUT2D eigenvalue weighted by Crippen LogP contribution is 2.42. The zero-order chi connectivity index (χ0) is 21.5. The number of nitrogens with zero attached hydrogens (tertiary/aromatic N) is 2. The molecule has 1 fully saturated rings. The number of carbonyl (C=O) groups excluding carboxylic acids is 1. The van der Waals surface area contributed by atoms with Gasteiger partial charge in [-0.25, -0.2) is 13.8 Å². The van der Waals surface area contributed by atoms with Crippen LogP contribution >= 0.6 is 11.6 Å². The summed E-state index contributed by atoms with van der Waals surface area (Å²) < 4.78 is 29.6. The lowest BCUT2D eigenvalue weighted by molar-refractivity contribution is -0.0446. The number of pyridine rings is 1. The summed E-state index contributed by atoms with van der Waals surface area (Å²) in [5.41, 5.74) is 0.242. The first-order chi connectivity index (χ1) is 14.3.